The maximum absolute atomic E-state index is 4.97. The molecule has 1 aromatic rings. The SMILES string of the molecule is CC1(CNCc2ccoc2)CC1. The first-order chi connectivity index (χ1) is 5.79. The van der Waals surface area contributed by atoms with Crippen molar-refractivity contribution in [2.24, 2.45) is 5.41 Å². The molecule has 1 aliphatic rings. The van der Waals surface area contributed by atoms with Crippen molar-refractivity contribution in [3.8, 4) is 0 Å². The molecule has 66 valence electrons. The molecule has 0 aliphatic heterocycles. The Morgan fingerprint density at radius 2 is 2.42 bits per heavy atom. The number of furan rings is 1. The van der Waals surface area contributed by atoms with Gasteiger partial charge in [0.05, 0.1) is 12.5 Å². The molecule has 0 spiro atoms. The van der Waals surface area contributed by atoms with E-state index in [0.29, 0.717) is 5.41 Å². The molecule has 1 fully saturated rings. The van der Waals surface area contributed by atoms with Gasteiger partial charge in [-0.25, -0.2) is 0 Å². The predicted molar refractivity (Wildman–Crippen MR) is 47.8 cm³/mol. The van der Waals surface area contributed by atoms with Gasteiger partial charge in [-0.2, -0.15) is 0 Å². The Labute approximate surface area is 73.0 Å². The molecule has 0 radical (unpaired) electrons. The summed E-state index contributed by atoms with van der Waals surface area (Å²) in [6, 6.07) is 2.00. The molecular weight excluding hydrogens is 150 g/mol. The van der Waals surface area contributed by atoms with E-state index in [0.717, 1.165) is 13.1 Å². The average molecular weight is 165 g/mol. The lowest BCUT2D eigenvalue weighted by Gasteiger charge is -2.08. The molecule has 12 heavy (non-hydrogen) atoms. The lowest BCUT2D eigenvalue weighted by molar-refractivity contribution is 0.496. The van der Waals surface area contributed by atoms with E-state index >= 15 is 0 Å². The van der Waals surface area contributed by atoms with E-state index in [1.165, 1.54) is 18.4 Å². The van der Waals surface area contributed by atoms with Crippen LogP contribution in [0.5, 0.6) is 0 Å². The van der Waals surface area contributed by atoms with E-state index < -0.39 is 0 Å². The van der Waals surface area contributed by atoms with E-state index in [9.17, 15) is 0 Å². The van der Waals surface area contributed by atoms with E-state index in [4.69, 9.17) is 4.42 Å². The fraction of sp³-hybridized carbons (Fsp3) is 0.600. The van der Waals surface area contributed by atoms with Crippen molar-refractivity contribution >= 4 is 0 Å². The molecule has 1 heterocycles. The molecule has 1 aromatic heterocycles. The Morgan fingerprint density at radius 3 is 3.00 bits per heavy atom. The number of hydrogen-bond donors (Lipinski definition) is 1. The minimum atomic E-state index is 0.601. The third-order valence-corrected chi connectivity index (χ3v) is 2.56. The van der Waals surface area contributed by atoms with Crippen LogP contribution in [0.25, 0.3) is 0 Å². The van der Waals surface area contributed by atoms with Gasteiger partial charge >= 0.3 is 0 Å². The van der Waals surface area contributed by atoms with Crippen molar-refractivity contribution < 1.29 is 4.42 Å². The van der Waals surface area contributed by atoms with Crippen LogP contribution in [0, 0.1) is 5.41 Å². The smallest absolute Gasteiger partial charge is 0.0947 e. The van der Waals surface area contributed by atoms with Gasteiger partial charge in [-0.15, -0.1) is 0 Å². The topological polar surface area (TPSA) is 25.2 Å². The highest BCUT2D eigenvalue weighted by Crippen LogP contribution is 2.44. The van der Waals surface area contributed by atoms with Gasteiger partial charge in [0.15, 0.2) is 0 Å². The van der Waals surface area contributed by atoms with E-state index in [2.05, 4.69) is 12.2 Å². The van der Waals surface area contributed by atoms with E-state index in [1.54, 1.807) is 12.5 Å². The van der Waals surface area contributed by atoms with Crippen LogP contribution >= 0.6 is 0 Å². The summed E-state index contributed by atoms with van der Waals surface area (Å²) in [6.45, 7) is 4.40. The van der Waals surface area contributed by atoms with Gasteiger partial charge in [0.25, 0.3) is 0 Å². The molecule has 0 amide bonds. The zero-order valence-corrected chi connectivity index (χ0v) is 7.47. The van der Waals surface area contributed by atoms with Gasteiger partial charge in [0.2, 0.25) is 0 Å². The van der Waals surface area contributed by atoms with Crippen LogP contribution in [-0.4, -0.2) is 6.54 Å². The molecule has 1 saturated carbocycles. The molecule has 0 saturated heterocycles. The number of hydrogen-bond acceptors (Lipinski definition) is 2. The first kappa shape index (κ1) is 7.87. The number of nitrogens with one attached hydrogen (secondary N) is 1. The Kier molecular flexibility index (Phi) is 1.93. The molecule has 2 nitrogen and oxygen atoms in total. The summed E-state index contributed by atoms with van der Waals surface area (Å²) in [7, 11) is 0. The fourth-order valence-electron chi connectivity index (χ4n) is 1.29. The minimum Gasteiger partial charge on any atom is -0.472 e. The molecule has 2 heteroatoms. The highest BCUT2D eigenvalue weighted by Gasteiger charge is 2.36. The van der Waals surface area contributed by atoms with Gasteiger partial charge in [0.1, 0.15) is 0 Å². The van der Waals surface area contributed by atoms with Crippen LogP contribution in [0.1, 0.15) is 25.3 Å². The summed E-state index contributed by atoms with van der Waals surface area (Å²) < 4.78 is 4.97. The quantitative estimate of drug-likeness (QED) is 0.739. The zero-order valence-electron chi connectivity index (χ0n) is 7.47. The first-order valence-electron chi connectivity index (χ1n) is 4.50. The van der Waals surface area contributed by atoms with Crippen molar-refractivity contribution in [1.82, 2.24) is 5.32 Å². The summed E-state index contributed by atoms with van der Waals surface area (Å²) in [6.07, 6.45) is 6.27. The van der Waals surface area contributed by atoms with Gasteiger partial charge in [-0.1, -0.05) is 6.92 Å². The van der Waals surface area contributed by atoms with E-state index in [-0.39, 0.29) is 0 Å². The second-order valence-electron chi connectivity index (χ2n) is 4.05. The molecule has 0 atom stereocenters. The maximum Gasteiger partial charge on any atom is 0.0947 e. The predicted octanol–water partition coefficient (Wildman–Crippen LogP) is 2.17. The van der Waals surface area contributed by atoms with Crippen LogP contribution < -0.4 is 5.32 Å². The van der Waals surface area contributed by atoms with Crippen LogP contribution in [0.3, 0.4) is 0 Å². The largest absolute Gasteiger partial charge is 0.472 e. The van der Waals surface area contributed by atoms with Crippen molar-refractivity contribution in [2.75, 3.05) is 6.54 Å². The van der Waals surface area contributed by atoms with E-state index in [1.807, 2.05) is 6.07 Å². The Hall–Kier alpha value is -0.760. The average Bonchev–Trinajstić information content (AvgIpc) is 2.61. The Balaban J connectivity index is 1.69. The minimum absolute atomic E-state index is 0.601. The standard InChI is InChI=1S/C10H15NO/c1-10(3-4-10)8-11-6-9-2-5-12-7-9/h2,5,7,11H,3-4,6,8H2,1H3. The maximum atomic E-state index is 4.97. The normalized spacial score (nSPS) is 19.4. The Morgan fingerprint density at radius 1 is 1.58 bits per heavy atom. The number of rotatable bonds is 4. The molecule has 1 aliphatic carbocycles. The highest BCUT2D eigenvalue weighted by atomic mass is 16.3. The molecule has 0 unspecified atom stereocenters. The molecular formula is C10H15NO. The van der Waals surface area contributed by atoms with Crippen molar-refractivity contribution in [3.63, 3.8) is 0 Å². The third kappa shape index (κ3) is 1.89. The monoisotopic (exact) mass is 165 g/mol. The molecule has 1 N–H and O–H groups in total. The second-order valence-corrected chi connectivity index (χ2v) is 4.05. The zero-order chi connectivity index (χ0) is 8.44. The lowest BCUT2D eigenvalue weighted by atomic mass is 10.1. The van der Waals surface area contributed by atoms with Gasteiger partial charge in [-0.05, 0) is 24.3 Å². The van der Waals surface area contributed by atoms with Crippen molar-refractivity contribution in [2.45, 2.75) is 26.3 Å². The van der Waals surface area contributed by atoms with Crippen LogP contribution in [0.2, 0.25) is 0 Å². The van der Waals surface area contributed by atoms with Gasteiger partial charge < -0.3 is 9.73 Å². The third-order valence-electron chi connectivity index (χ3n) is 2.56. The van der Waals surface area contributed by atoms with Crippen LogP contribution in [-0.2, 0) is 6.54 Å². The summed E-state index contributed by atoms with van der Waals surface area (Å²) >= 11 is 0. The molecule has 0 bridgehead atoms. The second kappa shape index (κ2) is 2.94. The van der Waals surface area contributed by atoms with Crippen molar-refractivity contribution in [1.29, 1.82) is 0 Å². The Bertz CT molecular complexity index is 236. The fourth-order valence-corrected chi connectivity index (χ4v) is 1.29. The highest BCUT2D eigenvalue weighted by molar-refractivity contribution is 5.04. The summed E-state index contributed by atoms with van der Waals surface area (Å²) in [4.78, 5) is 0. The first-order valence-corrected chi connectivity index (χ1v) is 4.50. The summed E-state index contributed by atoms with van der Waals surface area (Å²) in [5.41, 5.74) is 1.84. The van der Waals surface area contributed by atoms with Gasteiger partial charge in [-0.3, -0.25) is 0 Å². The van der Waals surface area contributed by atoms with Crippen LogP contribution in [0.4, 0.5) is 0 Å². The lowest BCUT2D eigenvalue weighted by Crippen LogP contribution is -2.21. The molecule has 2 rings (SSSR count). The van der Waals surface area contributed by atoms with Crippen LogP contribution in [0.15, 0.2) is 23.0 Å². The summed E-state index contributed by atoms with van der Waals surface area (Å²) in [5, 5.41) is 3.43. The molecule has 0 aromatic carbocycles. The summed E-state index contributed by atoms with van der Waals surface area (Å²) in [5.74, 6) is 0. The van der Waals surface area contributed by atoms with Crippen molar-refractivity contribution in [3.05, 3.63) is 24.2 Å². The van der Waals surface area contributed by atoms with Gasteiger partial charge in [0, 0.05) is 18.7 Å².